The molecule has 2 aromatic carbocycles. The van der Waals surface area contributed by atoms with E-state index in [2.05, 4.69) is 15.6 Å². The largest absolute Gasteiger partial charge is 0.350 e. The molecule has 0 aliphatic rings. The molecule has 0 spiro atoms. The lowest BCUT2D eigenvalue weighted by molar-refractivity contribution is 0.0956. The maximum absolute atomic E-state index is 12.4. The number of nitrogens with one attached hydrogen (secondary N) is 1. The second-order valence-corrected chi connectivity index (χ2v) is 5.92. The summed E-state index contributed by atoms with van der Waals surface area (Å²) in [6.45, 7) is 0. The highest BCUT2D eigenvalue weighted by Crippen LogP contribution is 2.20. The Morgan fingerprint density at radius 2 is 1.85 bits per heavy atom. The predicted molar refractivity (Wildman–Crippen MR) is 102 cm³/mol. The zero-order valence-corrected chi connectivity index (χ0v) is 14.2. The number of para-hydroxylation sites is 2. The van der Waals surface area contributed by atoms with Crippen molar-refractivity contribution in [2.45, 2.75) is 0 Å². The Kier molecular flexibility index (Phi) is 4.07. The second-order valence-electron chi connectivity index (χ2n) is 5.92. The van der Waals surface area contributed by atoms with Crippen molar-refractivity contribution in [2.75, 3.05) is 0 Å². The van der Waals surface area contributed by atoms with Crippen molar-refractivity contribution in [3.05, 3.63) is 84.3 Å². The molecule has 4 rings (SSSR count). The SMILES string of the molecule is Cn1cc(C(=O)N/N=C\c2cnn(-c3ccccc3)c2)c2ccccc21. The van der Waals surface area contributed by atoms with Gasteiger partial charge in [-0.2, -0.15) is 10.2 Å². The molecule has 1 amide bonds. The van der Waals surface area contributed by atoms with Gasteiger partial charge in [0.2, 0.25) is 0 Å². The van der Waals surface area contributed by atoms with E-state index in [1.165, 1.54) is 0 Å². The first-order chi connectivity index (χ1) is 12.7. The van der Waals surface area contributed by atoms with E-state index in [1.54, 1.807) is 17.1 Å². The fourth-order valence-electron chi connectivity index (χ4n) is 2.87. The number of benzene rings is 2. The Hall–Kier alpha value is -3.67. The number of carbonyl (C=O) groups excluding carboxylic acids is 1. The average Bonchev–Trinajstić information content (AvgIpc) is 3.28. The minimum atomic E-state index is -0.242. The monoisotopic (exact) mass is 343 g/mol. The summed E-state index contributed by atoms with van der Waals surface area (Å²) in [7, 11) is 1.92. The van der Waals surface area contributed by atoms with Crippen LogP contribution in [-0.4, -0.2) is 26.5 Å². The third-order valence-electron chi connectivity index (χ3n) is 4.14. The van der Waals surface area contributed by atoms with Gasteiger partial charge in [-0.15, -0.1) is 0 Å². The maximum Gasteiger partial charge on any atom is 0.273 e. The normalized spacial score (nSPS) is 11.3. The number of aryl methyl sites for hydroxylation is 1. The molecule has 0 unspecified atom stereocenters. The second kappa shape index (κ2) is 6.68. The Balaban J connectivity index is 1.48. The van der Waals surface area contributed by atoms with Gasteiger partial charge in [0.25, 0.3) is 5.91 Å². The van der Waals surface area contributed by atoms with E-state index < -0.39 is 0 Å². The van der Waals surface area contributed by atoms with Gasteiger partial charge < -0.3 is 4.57 Å². The molecule has 0 aliphatic carbocycles. The van der Waals surface area contributed by atoms with Gasteiger partial charge in [0, 0.05) is 35.9 Å². The molecule has 2 aromatic heterocycles. The van der Waals surface area contributed by atoms with Crippen molar-refractivity contribution < 1.29 is 4.79 Å². The summed E-state index contributed by atoms with van der Waals surface area (Å²) in [5.74, 6) is -0.242. The molecule has 6 heteroatoms. The van der Waals surface area contributed by atoms with Gasteiger partial charge in [0.15, 0.2) is 0 Å². The number of aromatic nitrogens is 3. The fourth-order valence-corrected chi connectivity index (χ4v) is 2.87. The highest BCUT2D eigenvalue weighted by atomic mass is 16.2. The van der Waals surface area contributed by atoms with Crippen molar-refractivity contribution in [2.24, 2.45) is 12.1 Å². The van der Waals surface area contributed by atoms with Gasteiger partial charge >= 0.3 is 0 Å². The lowest BCUT2D eigenvalue weighted by Gasteiger charge is -1.98. The minimum absolute atomic E-state index is 0.242. The smallest absolute Gasteiger partial charge is 0.273 e. The zero-order valence-electron chi connectivity index (χ0n) is 14.2. The third kappa shape index (κ3) is 3.00. The molecule has 0 fully saturated rings. The summed E-state index contributed by atoms with van der Waals surface area (Å²) < 4.78 is 3.69. The van der Waals surface area contributed by atoms with E-state index in [4.69, 9.17) is 0 Å². The molecule has 128 valence electrons. The molecular weight excluding hydrogens is 326 g/mol. The van der Waals surface area contributed by atoms with Crippen molar-refractivity contribution >= 4 is 23.0 Å². The molecule has 6 nitrogen and oxygen atoms in total. The van der Waals surface area contributed by atoms with Gasteiger partial charge in [0.1, 0.15) is 0 Å². The summed E-state index contributed by atoms with van der Waals surface area (Å²) in [6, 6.07) is 17.6. The molecule has 0 atom stereocenters. The van der Waals surface area contributed by atoms with Gasteiger partial charge in [-0.05, 0) is 18.2 Å². The number of hydrogen-bond acceptors (Lipinski definition) is 3. The Morgan fingerprint density at radius 1 is 1.08 bits per heavy atom. The van der Waals surface area contributed by atoms with E-state index in [1.807, 2.05) is 78.6 Å². The number of nitrogens with zero attached hydrogens (tertiary/aromatic N) is 4. The first kappa shape index (κ1) is 15.8. The molecule has 0 aliphatic heterocycles. The first-order valence-electron chi connectivity index (χ1n) is 8.20. The summed E-state index contributed by atoms with van der Waals surface area (Å²) in [5.41, 5.74) is 5.95. The van der Waals surface area contributed by atoms with E-state index in [9.17, 15) is 4.79 Å². The van der Waals surface area contributed by atoms with Crippen LogP contribution >= 0.6 is 0 Å². The van der Waals surface area contributed by atoms with Gasteiger partial charge in [-0.3, -0.25) is 4.79 Å². The number of hydrazone groups is 1. The standard InChI is InChI=1S/C20H17N5O/c1-24-14-18(17-9-5-6-10-19(17)24)20(26)23-21-11-15-12-22-25(13-15)16-7-3-2-4-8-16/h2-14H,1H3,(H,23,26)/b21-11-. The van der Waals surface area contributed by atoms with Gasteiger partial charge in [-0.25, -0.2) is 10.1 Å². The highest BCUT2D eigenvalue weighted by molar-refractivity contribution is 6.07. The molecule has 0 saturated heterocycles. The van der Waals surface area contributed by atoms with E-state index in [0.717, 1.165) is 22.2 Å². The van der Waals surface area contributed by atoms with Crippen LogP contribution < -0.4 is 5.43 Å². The van der Waals surface area contributed by atoms with Crippen LogP contribution in [0.3, 0.4) is 0 Å². The van der Waals surface area contributed by atoms with Crippen LogP contribution in [0.5, 0.6) is 0 Å². The van der Waals surface area contributed by atoms with Crippen LogP contribution in [0, 0.1) is 0 Å². The molecule has 2 heterocycles. The molecular formula is C20H17N5O. The lowest BCUT2D eigenvalue weighted by Crippen LogP contribution is -2.17. The first-order valence-corrected chi connectivity index (χ1v) is 8.20. The molecule has 0 bridgehead atoms. The number of carbonyl (C=O) groups is 1. The summed E-state index contributed by atoms with van der Waals surface area (Å²) in [4.78, 5) is 12.4. The predicted octanol–water partition coefficient (Wildman–Crippen LogP) is 3.13. The molecule has 1 N–H and O–H groups in total. The lowest BCUT2D eigenvalue weighted by atomic mass is 10.2. The van der Waals surface area contributed by atoms with Crippen LogP contribution in [-0.2, 0) is 7.05 Å². The Bertz CT molecular complexity index is 1090. The quantitative estimate of drug-likeness (QED) is 0.457. The molecule has 0 radical (unpaired) electrons. The fraction of sp³-hybridized carbons (Fsp3) is 0.0500. The number of hydrogen-bond donors (Lipinski definition) is 1. The maximum atomic E-state index is 12.4. The topological polar surface area (TPSA) is 64.2 Å². The minimum Gasteiger partial charge on any atom is -0.350 e. The van der Waals surface area contributed by atoms with Crippen LogP contribution in [0.1, 0.15) is 15.9 Å². The van der Waals surface area contributed by atoms with Gasteiger partial charge in [0.05, 0.1) is 23.7 Å². The van der Waals surface area contributed by atoms with Crippen LogP contribution in [0.2, 0.25) is 0 Å². The van der Waals surface area contributed by atoms with Crippen molar-refractivity contribution in [3.63, 3.8) is 0 Å². The number of amides is 1. The van der Waals surface area contributed by atoms with Crippen molar-refractivity contribution in [3.8, 4) is 5.69 Å². The molecule has 0 saturated carbocycles. The Morgan fingerprint density at radius 3 is 2.69 bits per heavy atom. The number of rotatable bonds is 4. The summed E-state index contributed by atoms with van der Waals surface area (Å²) in [5, 5.41) is 9.25. The average molecular weight is 343 g/mol. The third-order valence-corrected chi connectivity index (χ3v) is 4.14. The molecule has 4 aromatic rings. The zero-order chi connectivity index (χ0) is 17.9. The van der Waals surface area contributed by atoms with E-state index in [0.29, 0.717) is 5.56 Å². The van der Waals surface area contributed by atoms with Crippen LogP contribution in [0.25, 0.3) is 16.6 Å². The van der Waals surface area contributed by atoms with E-state index >= 15 is 0 Å². The summed E-state index contributed by atoms with van der Waals surface area (Å²) in [6.07, 6.45) is 6.93. The van der Waals surface area contributed by atoms with Crippen LogP contribution in [0.15, 0.2) is 78.3 Å². The number of fused-ring (bicyclic) bond motifs is 1. The van der Waals surface area contributed by atoms with Gasteiger partial charge in [-0.1, -0.05) is 36.4 Å². The van der Waals surface area contributed by atoms with Crippen LogP contribution in [0.4, 0.5) is 0 Å². The Labute approximate surface area is 150 Å². The van der Waals surface area contributed by atoms with Crippen molar-refractivity contribution in [1.82, 2.24) is 19.8 Å². The molecule has 26 heavy (non-hydrogen) atoms. The van der Waals surface area contributed by atoms with Crippen molar-refractivity contribution in [1.29, 1.82) is 0 Å². The highest BCUT2D eigenvalue weighted by Gasteiger charge is 2.12. The van der Waals surface area contributed by atoms with E-state index in [-0.39, 0.29) is 5.91 Å². The summed E-state index contributed by atoms with van der Waals surface area (Å²) >= 11 is 0.